The molecule has 0 aromatic heterocycles. The molecule has 0 radical (unpaired) electrons. The molecule has 0 fully saturated rings. The van der Waals surface area contributed by atoms with Gasteiger partial charge in [-0.1, -0.05) is 35.2 Å². The third-order valence-electron chi connectivity index (χ3n) is 4.65. The van der Waals surface area contributed by atoms with E-state index in [9.17, 15) is 18.4 Å². The highest BCUT2D eigenvalue weighted by molar-refractivity contribution is 6.35. The predicted molar refractivity (Wildman–Crippen MR) is 118 cm³/mol. The number of rotatable bonds is 3. The van der Waals surface area contributed by atoms with Crippen molar-refractivity contribution in [2.45, 2.75) is 0 Å². The molecular formula is C23H12Cl2F2N2O3. The average Bonchev–Trinajstić information content (AvgIpc) is 2.74. The monoisotopic (exact) mass is 472 g/mol. The fourth-order valence-electron chi connectivity index (χ4n) is 3.23. The predicted octanol–water partition coefficient (Wildman–Crippen LogP) is 5.50. The maximum absolute atomic E-state index is 14.9. The van der Waals surface area contributed by atoms with Crippen molar-refractivity contribution in [3.63, 3.8) is 0 Å². The van der Waals surface area contributed by atoms with Gasteiger partial charge in [-0.15, -0.1) is 6.42 Å². The Bertz CT molecular complexity index is 1340. The molecule has 4 rings (SSSR count). The quantitative estimate of drug-likeness (QED) is 0.494. The van der Waals surface area contributed by atoms with Crippen molar-refractivity contribution in [2.75, 3.05) is 17.2 Å². The van der Waals surface area contributed by atoms with E-state index >= 15 is 0 Å². The summed E-state index contributed by atoms with van der Waals surface area (Å²) in [7, 11) is 0. The maximum atomic E-state index is 14.9. The van der Waals surface area contributed by atoms with Crippen molar-refractivity contribution in [2.24, 2.45) is 0 Å². The molecule has 2 amide bonds. The second-order valence-electron chi connectivity index (χ2n) is 6.77. The van der Waals surface area contributed by atoms with Crippen molar-refractivity contribution in [3.8, 4) is 29.2 Å². The van der Waals surface area contributed by atoms with Crippen LogP contribution in [0.2, 0.25) is 10.0 Å². The minimum Gasteiger partial charge on any atom is -0.480 e. The number of halogens is 4. The molecule has 0 atom stereocenters. The number of fused-ring (bicyclic) bond motifs is 1. The van der Waals surface area contributed by atoms with Crippen LogP contribution in [0, 0.1) is 24.0 Å². The number of hydrogen-bond donors (Lipinski definition) is 2. The second-order valence-corrected chi connectivity index (χ2v) is 7.59. The van der Waals surface area contributed by atoms with Crippen LogP contribution in [0.3, 0.4) is 0 Å². The second kappa shape index (κ2) is 8.50. The molecule has 0 aliphatic carbocycles. The van der Waals surface area contributed by atoms with E-state index in [0.717, 1.165) is 18.2 Å². The van der Waals surface area contributed by atoms with Crippen LogP contribution in [0.5, 0.6) is 5.75 Å². The van der Waals surface area contributed by atoms with Gasteiger partial charge in [0.25, 0.3) is 11.8 Å². The van der Waals surface area contributed by atoms with E-state index in [2.05, 4.69) is 16.6 Å². The van der Waals surface area contributed by atoms with Crippen molar-refractivity contribution >= 4 is 46.4 Å². The van der Waals surface area contributed by atoms with Crippen LogP contribution in [0.15, 0.2) is 42.5 Å². The van der Waals surface area contributed by atoms with E-state index in [1.165, 1.54) is 24.3 Å². The van der Waals surface area contributed by atoms with Crippen LogP contribution in [-0.4, -0.2) is 18.4 Å². The number of anilines is 2. The zero-order chi connectivity index (χ0) is 23.0. The highest BCUT2D eigenvalue weighted by Gasteiger charge is 2.22. The lowest BCUT2D eigenvalue weighted by Gasteiger charge is -2.20. The molecule has 9 heteroatoms. The van der Waals surface area contributed by atoms with Crippen molar-refractivity contribution in [1.29, 1.82) is 0 Å². The molecule has 0 spiro atoms. The van der Waals surface area contributed by atoms with Gasteiger partial charge in [0.05, 0.1) is 21.3 Å². The molecule has 1 heterocycles. The molecule has 1 aliphatic rings. The van der Waals surface area contributed by atoms with Gasteiger partial charge in [0.2, 0.25) is 0 Å². The number of ether oxygens (including phenoxy) is 1. The summed E-state index contributed by atoms with van der Waals surface area (Å²) in [6, 6.07) is 8.66. The first kappa shape index (κ1) is 21.6. The Kier molecular flexibility index (Phi) is 5.74. The number of benzene rings is 3. The molecule has 5 nitrogen and oxygen atoms in total. The van der Waals surface area contributed by atoms with Crippen molar-refractivity contribution in [1.82, 2.24) is 0 Å². The van der Waals surface area contributed by atoms with Crippen molar-refractivity contribution < 1.29 is 23.1 Å². The maximum Gasteiger partial charge on any atom is 0.262 e. The molecule has 2 N–H and O–H groups in total. The first-order chi connectivity index (χ1) is 15.3. The van der Waals surface area contributed by atoms with Crippen LogP contribution < -0.4 is 15.4 Å². The molecule has 0 saturated heterocycles. The van der Waals surface area contributed by atoms with E-state index < -0.39 is 17.5 Å². The van der Waals surface area contributed by atoms with Gasteiger partial charge in [-0.05, 0) is 36.4 Å². The molecule has 3 aromatic rings. The zero-order valence-electron chi connectivity index (χ0n) is 16.1. The fourth-order valence-corrected chi connectivity index (χ4v) is 3.75. The first-order valence-electron chi connectivity index (χ1n) is 9.10. The lowest BCUT2D eigenvalue weighted by Crippen LogP contribution is -2.25. The standard InChI is InChI=1S/C23H12Cl2F2N2O3/c1-2-11-5-12(26)3-4-14(11)15-8-17(24)16(9-19(15)27)23(31)28-13-6-18(25)22-20(7-13)29-21(30)10-32-22/h1,3-9H,10H2,(H,28,31)(H,29,30). The van der Waals surface area contributed by atoms with E-state index in [1.807, 2.05) is 0 Å². The number of nitrogens with one attached hydrogen (secondary N) is 2. The Morgan fingerprint density at radius 3 is 2.62 bits per heavy atom. The van der Waals surface area contributed by atoms with Gasteiger partial charge >= 0.3 is 0 Å². The van der Waals surface area contributed by atoms with Crippen LogP contribution in [-0.2, 0) is 4.79 Å². The van der Waals surface area contributed by atoms with Crippen LogP contribution in [0.4, 0.5) is 20.2 Å². The van der Waals surface area contributed by atoms with Gasteiger partial charge in [-0.2, -0.15) is 0 Å². The summed E-state index contributed by atoms with van der Waals surface area (Å²) in [6.45, 7) is -0.172. The Labute approximate surface area is 191 Å². The summed E-state index contributed by atoms with van der Waals surface area (Å²) in [5.41, 5.74) is 0.804. The summed E-state index contributed by atoms with van der Waals surface area (Å²) in [4.78, 5) is 24.3. The van der Waals surface area contributed by atoms with Crippen LogP contribution in [0.1, 0.15) is 15.9 Å². The van der Waals surface area contributed by atoms with Gasteiger partial charge in [0.1, 0.15) is 11.6 Å². The summed E-state index contributed by atoms with van der Waals surface area (Å²) in [5.74, 6) is 0.167. The molecule has 32 heavy (non-hydrogen) atoms. The Morgan fingerprint density at radius 2 is 1.88 bits per heavy atom. The third kappa shape index (κ3) is 4.11. The normalized spacial score (nSPS) is 12.3. The molecule has 0 saturated carbocycles. The van der Waals surface area contributed by atoms with Gasteiger partial charge in [0.15, 0.2) is 12.4 Å². The topological polar surface area (TPSA) is 67.4 Å². The van der Waals surface area contributed by atoms with Gasteiger partial charge in [-0.3, -0.25) is 9.59 Å². The third-order valence-corrected chi connectivity index (χ3v) is 5.25. The summed E-state index contributed by atoms with van der Waals surface area (Å²) < 4.78 is 33.6. The summed E-state index contributed by atoms with van der Waals surface area (Å²) in [6.07, 6.45) is 5.40. The molecule has 3 aromatic carbocycles. The average molecular weight is 473 g/mol. The zero-order valence-corrected chi connectivity index (χ0v) is 17.6. The first-order valence-corrected chi connectivity index (χ1v) is 9.85. The van der Waals surface area contributed by atoms with E-state index in [0.29, 0.717) is 0 Å². The van der Waals surface area contributed by atoms with Crippen molar-refractivity contribution in [3.05, 3.63) is 75.3 Å². The Morgan fingerprint density at radius 1 is 1.09 bits per heavy atom. The number of terminal acetylenes is 1. The van der Waals surface area contributed by atoms with Crippen LogP contribution >= 0.6 is 23.2 Å². The smallest absolute Gasteiger partial charge is 0.262 e. The largest absolute Gasteiger partial charge is 0.480 e. The van der Waals surface area contributed by atoms with E-state index in [-0.39, 0.29) is 61.9 Å². The summed E-state index contributed by atoms with van der Waals surface area (Å²) >= 11 is 12.4. The molecule has 0 bridgehead atoms. The van der Waals surface area contributed by atoms with Crippen LogP contribution in [0.25, 0.3) is 11.1 Å². The fraction of sp³-hybridized carbons (Fsp3) is 0.0435. The van der Waals surface area contributed by atoms with Gasteiger partial charge in [-0.25, -0.2) is 8.78 Å². The number of hydrogen-bond acceptors (Lipinski definition) is 3. The minimum atomic E-state index is -0.771. The molecule has 160 valence electrons. The van der Waals surface area contributed by atoms with Gasteiger partial charge in [0, 0.05) is 22.4 Å². The number of carbonyl (C=O) groups excluding carboxylic acids is 2. The highest BCUT2D eigenvalue weighted by Crippen LogP contribution is 2.38. The Balaban J connectivity index is 1.66. The minimum absolute atomic E-state index is 0.0242. The van der Waals surface area contributed by atoms with Gasteiger partial charge < -0.3 is 15.4 Å². The highest BCUT2D eigenvalue weighted by atomic mass is 35.5. The number of amides is 2. The summed E-state index contributed by atoms with van der Waals surface area (Å²) in [5, 5.41) is 5.27. The molecule has 1 aliphatic heterocycles. The van der Waals surface area contributed by atoms with E-state index in [4.69, 9.17) is 34.4 Å². The number of carbonyl (C=O) groups is 2. The Hall–Kier alpha value is -3.60. The lowest BCUT2D eigenvalue weighted by atomic mass is 9.98. The SMILES string of the molecule is C#Cc1cc(F)ccc1-c1cc(Cl)c(C(=O)Nc2cc(Cl)c3c(c2)NC(=O)CO3)cc1F. The molecule has 0 unspecified atom stereocenters. The molecular weight excluding hydrogens is 461 g/mol. The van der Waals surface area contributed by atoms with E-state index in [1.54, 1.807) is 0 Å². The lowest BCUT2D eigenvalue weighted by molar-refractivity contribution is -0.118.